The summed E-state index contributed by atoms with van der Waals surface area (Å²) in [7, 11) is 0. The van der Waals surface area contributed by atoms with Crippen molar-refractivity contribution in [2.45, 2.75) is 32.1 Å². The molecule has 0 N–H and O–H groups in total. The van der Waals surface area contributed by atoms with E-state index in [2.05, 4.69) is 10.1 Å². The zero-order valence-corrected chi connectivity index (χ0v) is 12.1. The van der Waals surface area contributed by atoms with Gasteiger partial charge in [0.15, 0.2) is 0 Å². The van der Waals surface area contributed by atoms with Crippen LogP contribution in [0.5, 0.6) is 0 Å². The second-order valence-electron chi connectivity index (χ2n) is 5.45. The fourth-order valence-corrected chi connectivity index (χ4v) is 2.73. The molecule has 0 saturated carbocycles. The maximum absolute atomic E-state index is 12.6. The number of aromatic nitrogens is 3. The molecule has 1 aromatic carbocycles. The Hall–Kier alpha value is -2.17. The quantitative estimate of drug-likeness (QED) is 0.852. The van der Waals surface area contributed by atoms with E-state index in [0.717, 1.165) is 37.2 Å². The van der Waals surface area contributed by atoms with Gasteiger partial charge in [0.25, 0.3) is 5.91 Å². The van der Waals surface area contributed by atoms with Crippen LogP contribution in [-0.4, -0.2) is 38.7 Å². The summed E-state index contributed by atoms with van der Waals surface area (Å²) in [6, 6.07) is 7.56. The van der Waals surface area contributed by atoms with Crippen molar-refractivity contribution in [1.82, 2.24) is 19.7 Å². The molecule has 5 nitrogen and oxygen atoms in total. The molecule has 0 atom stereocenters. The third kappa shape index (κ3) is 3.29. The summed E-state index contributed by atoms with van der Waals surface area (Å²) >= 11 is 0. The zero-order chi connectivity index (χ0) is 14.5. The van der Waals surface area contributed by atoms with Gasteiger partial charge >= 0.3 is 0 Å². The number of hydrogen-bond donors (Lipinski definition) is 0. The molecule has 110 valence electrons. The van der Waals surface area contributed by atoms with Crippen molar-refractivity contribution in [3.63, 3.8) is 0 Å². The van der Waals surface area contributed by atoms with Crippen molar-refractivity contribution in [3.8, 4) is 5.69 Å². The molecule has 1 aliphatic rings. The summed E-state index contributed by atoms with van der Waals surface area (Å²) in [6.45, 7) is 1.76. The second-order valence-corrected chi connectivity index (χ2v) is 5.45. The van der Waals surface area contributed by atoms with Crippen LogP contribution in [-0.2, 0) is 0 Å². The summed E-state index contributed by atoms with van der Waals surface area (Å²) in [5.74, 6) is 0.141. The van der Waals surface area contributed by atoms with Gasteiger partial charge in [-0.1, -0.05) is 19.3 Å². The van der Waals surface area contributed by atoms with E-state index in [4.69, 9.17) is 0 Å². The third-order valence-corrected chi connectivity index (χ3v) is 3.94. The zero-order valence-electron chi connectivity index (χ0n) is 12.1. The SMILES string of the molecule is O=C(c1ccc(-n2cncn2)cc1)N1CCCCCCC1. The van der Waals surface area contributed by atoms with Gasteiger partial charge in [0, 0.05) is 18.7 Å². The van der Waals surface area contributed by atoms with E-state index in [0.29, 0.717) is 0 Å². The summed E-state index contributed by atoms with van der Waals surface area (Å²) in [4.78, 5) is 18.5. The smallest absolute Gasteiger partial charge is 0.253 e. The normalized spacial score (nSPS) is 16.3. The van der Waals surface area contributed by atoms with Crippen molar-refractivity contribution < 1.29 is 4.79 Å². The Morgan fingerprint density at radius 2 is 1.62 bits per heavy atom. The Kier molecular flexibility index (Phi) is 4.28. The molecular formula is C16H20N4O. The minimum atomic E-state index is 0.141. The maximum Gasteiger partial charge on any atom is 0.253 e. The van der Waals surface area contributed by atoms with Crippen LogP contribution in [0.3, 0.4) is 0 Å². The van der Waals surface area contributed by atoms with Crippen LogP contribution in [0.15, 0.2) is 36.9 Å². The van der Waals surface area contributed by atoms with Crippen LogP contribution in [0.25, 0.3) is 5.69 Å². The molecule has 5 heteroatoms. The van der Waals surface area contributed by atoms with Crippen molar-refractivity contribution >= 4 is 5.91 Å². The van der Waals surface area contributed by atoms with Crippen LogP contribution in [0, 0.1) is 0 Å². The fraction of sp³-hybridized carbons (Fsp3) is 0.438. The molecular weight excluding hydrogens is 264 g/mol. The van der Waals surface area contributed by atoms with Gasteiger partial charge in [-0.25, -0.2) is 9.67 Å². The highest BCUT2D eigenvalue weighted by Crippen LogP contribution is 2.15. The Morgan fingerprint density at radius 3 is 2.24 bits per heavy atom. The Balaban J connectivity index is 1.72. The molecule has 0 bridgehead atoms. The topological polar surface area (TPSA) is 51.0 Å². The van der Waals surface area contributed by atoms with Gasteiger partial charge in [-0.05, 0) is 37.1 Å². The maximum atomic E-state index is 12.6. The first-order chi connectivity index (χ1) is 10.3. The largest absolute Gasteiger partial charge is 0.339 e. The van der Waals surface area contributed by atoms with Gasteiger partial charge < -0.3 is 4.90 Å². The summed E-state index contributed by atoms with van der Waals surface area (Å²) in [5, 5.41) is 4.08. The highest BCUT2D eigenvalue weighted by molar-refractivity contribution is 5.94. The van der Waals surface area contributed by atoms with Crippen molar-refractivity contribution in [2.24, 2.45) is 0 Å². The average Bonchev–Trinajstić information content (AvgIpc) is 3.01. The lowest BCUT2D eigenvalue weighted by Crippen LogP contribution is -2.33. The molecule has 1 aliphatic heterocycles. The lowest BCUT2D eigenvalue weighted by Gasteiger charge is -2.24. The number of amides is 1. The second kappa shape index (κ2) is 6.52. The molecule has 1 saturated heterocycles. The predicted molar refractivity (Wildman–Crippen MR) is 80.3 cm³/mol. The highest BCUT2D eigenvalue weighted by Gasteiger charge is 2.16. The number of benzene rings is 1. The molecule has 0 radical (unpaired) electrons. The third-order valence-electron chi connectivity index (χ3n) is 3.94. The molecule has 0 spiro atoms. The Labute approximate surface area is 124 Å². The summed E-state index contributed by atoms with van der Waals surface area (Å²) < 4.78 is 1.68. The number of rotatable bonds is 2. The van der Waals surface area contributed by atoms with E-state index in [1.54, 1.807) is 11.0 Å². The van der Waals surface area contributed by atoms with E-state index in [1.807, 2.05) is 29.2 Å². The van der Waals surface area contributed by atoms with Crippen LogP contribution < -0.4 is 0 Å². The lowest BCUT2D eigenvalue weighted by atomic mass is 10.1. The highest BCUT2D eigenvalue weighted by atomic mass is 16.2. The molecule has 3 rings (SSSR count). The minimum absolute atomic E-state index is 0.141. The van der Waals surface area contributed by atoms with Gasteiger partial charge in [-0.2, -0.15) is 5.10 Å². The first-order valence-electron chi connectivity index (χ1n) is 7.59. The number of likely N-dealkylation sites (tertiary alicyclic amines) is 1. The Bertz CT molecular complexity index is 569. The molecule has 0 aliphatic carbocycles. The molecule has 2 aromatic rings. The van der Waals surface area contributed by atoms with E-state index in [1.165, 1.54) is 25.6 Å². The predicted octanol–water partition coefficient (Wildman–Crippen LogP) is 2.67. The molecule has 1 fully saturated rings. The first-order valence-corrected chi connectivity index (χ1v) is 7.59. The van der Waals surface area contributed by atoms with Crippen LogP contribution in [0.2, 0.25) is 0 Å². The van der Waals surface area contributed by atoms with Crippen molar-refractivity contribution in [1.29, 1.82) is 0 Å². The van der Waals surface area contributed by atoms with E-state index in [-0.39, 0.29) is 5.91 Å². The van der Waals surface area contributed by atoms with Crippen LogP contribution in [0.1, 0.15) is 42.5 Å². The van der Waals surface area contributed by atoms with E-state index in [9.17, 15) is 4.79 Å². The molecule has 21 heavy (non-hydrogen) atoms. The fourth-order valence-electron chi connectivity index (χ4n) is 2.73. The monoisotopic (exact) mass is 284 g/mol. The summed E-state index contributed by atoms with van der Waals surface area (Å²) in [6.07, 6.45) is 9.14. The molecule has 0 unspecified atom stereocenters. The van der Waals surface area contributed by atoms with Crippen molar-refractivity contribution in [3.05, 3.63) is 42.5 Å². The Morgan fingerprint density at radius 1 is 0.952 bits per heavy atom. The first kappa shape index (κ1) is 13.8. The number of carbonyl (C=O) groups is 1. The average molecular weight is 284 g/mol. The van der Waals surface area contributed by atoms with Gasteiger partial charge in [0.05, 0.1) is 5.69 Å². The summed E-state index contributed by atoms with van der Waals surface area (Å²) in [5.41, 5.74) is 1.66. The van der Waals surface area contributed by atoms with Crippen LogP contribution >= 0.6 is 0 Å². The minimum Gasteiger partial charge on any atom is -0.339 e. The van der Waals surface area contributed by atoms with Crippen LogP contribution in [0.4, 0.5) is 0 Å². The number of hydrogen-bond acceptors (Lipinski definition) is 3. The van der Waals surface area contributed by atoms with Gasteiger partial charge in [-0.3, -0.25) is 4.79 Å². The lowest BCUT2D eigenvalue weighted by molar-refractivity contribution is 0.0742. The standard InChI is InChI=1S/C16H20N4O/c21-16(19-10-4-2-1-3-5-11-19)14-6-8-15(9-7-14)20-13-17-12-18-20/h6-9,12-13H,1-5,10-11H2. The van der Waals surface area contributed by atoms with E-state index >= 15 is 0 Å². The molecule has 1 aromatic heterocycles. The van der Waals surface area contributed by atoms with Gasteiger partial charge in [0.2, 0.25) is 0 Å². The molecule has 2 heterocycles. The molecule has 1 amide bonds. The van der Waals surface area contributed by atoms with E-state index < -0.39 is 0 Å². The van der Waals surface area contributed by atoms with Gasteiger partial charge in [0.1, 0.15) is 12.7 Å². The number of nitrogens with zero attached hydrogens (tertiary/aromatic N) is 4. The number of carbonyl (C=O) groups excluding carboxylic acids is 1. The van der Waals surface area contributed by atoms with Gasteiger partial charge in [-0.15, -0.1) is 0 Å². The van der Waals surface area contributed by atoms with Crippen molar-refractivity contribution in [2.75, 3.05) is 13.1 Å².